The number of nitro groups is 1. The molecule has 1 aliphatic heterocycles. The zero-order valence-electron chi connectivity index (χ0n) is 20.7. The van der Waals surface area contributed by atoms with Crippen LogP contribution in [-0.4, -0.2) is 28.6 Å². The van der Waals surface area contributed by atoms with Crippen LogP contribution < -0.4 is 14.8 Å². The van der Waals surface area contributed by atoms with E-state index in [1.54, 1.807) is 6.07 Å². The molecule has 1 fully saturated rings. The minimum atomic E-state index is -0.905. The highest BCUT2D eigenvalue weighted by Crippen LogP contribution is 2.42. The second-order valence-electron chi connectivity index (χ2n) is 9.64. The number of ether oxygens (including phenoxy) is 2. The summed E-state index contributed by atoms with van der Waals surface area (Å²) in [6.07, 6.45) is 5.13. The molecule has 37 heavy (non-hydrogen) atoms. The molecular formula is C29H31N3O5. The minimum Gasteiger partial charge on any atom is -0.454 e. The molecule has 0 aromatic heterocycles. The minimum absolute atomic E-state index is 0.00732. The van der Waals surface area contributed by atoms with Gasteiger partial charge in [-0.3, -0.25) is 19.8 Å². The standard InChI is InChI=1S/C29H31N3O5/c33-29(30-23-14-8-3-9-15-23)28(24-16-26-27(37-20-36-26)17-25(24)32(34)35)31(18-21-10-4-1-5-11-21)19-22-12-6-2-7-13-22/h1-2,4-7,10-13,16-17,23,28H,3,8-9,14-15,18-20H2,(H,30,33)/t28-/m0/s1. The Balaban J connectivity index is 1.59. The predicted octanol–water partition coefficient (Wildman–Crippen LogP) is 5.52. The fourth-order valence-electron chi connectivity index (χ4n) is 5.23. The monoisotopic (exact) mass is 501 g/mol. The van der Waals surface area contributed by atoms with Crippen LogP contribution in [0.1, 0.15) is 54.8 Å². The van der Waals surface area contributed by atoms with E-state index in [1.165, 1.54) is 6.07 Å². The molecule has 0 bridgehead atoms. The first-order valence-corrected chi connectivity index (χ1v) is 12.8. The molecule has 2 aliphatic rings. The van der Waals surface area contributed by atoms with Gasteiger partial charge in [0.15, 0.2) is 11.5 Å². The molecule has 3 aromatic rings. The first kappa shape index (κ1) is 24.8. The molecule has 1 amide bonds. The van der Waals surface area contributed by atoms with Gasteiger partial charge in [-0.1, -0.05) is 79.9 Å². The van der Waals surface area contributed by atoms with E-state index in [9.17, 15) is 14.9 Å². The van der Waals surface area contributed by atoms with E-state index in [0.29, 0.717) is 30.2 Å². The van der Waals surface area contributed by atoms with Crippen molar-refractivity contribution < 1.29 is 19.2 Å². The molecule has 0 spiro atoms. The molecule has 1 saturated carbocycles. The Morgan fingerprint density at radius 2 is 1.49 bits per heavy atom. The number of rotatable bonds is 9. The average Bonchev–Trinajstić information content (AvgIpc) is 3.38. The highest BCUT2D eigenvalue weighted by molar-refractivity contribution is 5.85. The van der Waals surface area contributed by atoms with Crippen LogP contribution in [0.25, 0.3) is 0 Å². The maximum Gasteiger partial charge on any atom is 0.278 e. The van der Waals surface area contributed by atoms with Gasteiger partial charge in [0.2, 0.25) is 12.7 Å². The lowest BCUT2D eigenvalue weighted by atomic mass is 9.94. The molecule has 0 unspecified atom stereocenters. The summed E-state index contributed by atoms with van der Waals surface area (Å²) in [5.41, 5.74) is 2.17. The third-order valence-electron chi connectivity index (χ3n) is 7.04. The maximum absolute atomic E-state index is 14.1. The van der Waals surface area contributed by atoms with Crippen molar-refractivity contribution in [3.05, 3.63) is 99.6 Å². The molecule has 1 N–H and O–H groups in total. The van der Waals surface area contributed by atoms with Crippen molar-refractivity contribution in [3.63, 3.8) is 0 Å². The Morgan fingerprint density at radius 1 is 0.919 bits per heavy atom. The number of hydrogen-bond acceptors (Lipinski definition) is 6. The van der Waals surface area contributed by atoms with Crippen molar-refractivity contribution >= 4 is 11.6 Å². The van der Waals surface area contributed by atoms with Crippen molar-refractivity contribution in [3.8, 4) is 11.5 Å². The normalized spacial score (nSPS) is 15.9. The molecule has 8 nitrogen and oxygen atoms in total. The van der Waals surface area contributed by atoms with Crippen LogP contribution in [0.5, 0.6) is 11.5 Å². The molecule has 192 valence electrons. The van der Waals surface area contributed by atoms with Crippen molar-refractivity contribution in [2.45, 2.75) is 57.3 Å². The fraction of sp³-hybridized carbons (Fsp3) is 0.345. The molecule has 0 saturated heterocycles. The molecule has 1 heterocycles. The van der Waals surface area contributed by atoms with Gasteiger partial charge in [-0.25, -0.2) is 0 Å². The Morgan fingerprint density at radius 3 is 2.05 bits per heavy atom. The topological polar surface area (TPSA) is 93.9 Å². The number of amides is 1. The smallest absolute Gasteiger partial charge is 0.278 e. The van der Waals surface area contributed by atoms with Crippen molar-refractivity contribution in [1.29, 1.82) is 0 Å². The molecule has 0 radical (unpaired) electrons. The van der Waals surface area contributed by atoms with Gasteiger partial charge in [0.1, 0.15) is 6.04 Å². The summed E-state index contributed by atoms with van der Waals surface area (Å²) in [6, 6.07) is 21.9. The lowest BCUT2D eigenvalue weighted by molar-refractivity contribution is -0.386. The zero-order chi connectivity index (χ0) is 25.6. The van der Waals surface area contributed by atoms with Crippen LogP contribution in [0.15, 0.2) is 72.8 Å². The Kier molecular flexibility index (Phi) is 7.65. The Labute approximate surface area is 216 Å². The fourth-order valence-corrected chi connectivity index (χ4v) is 5.23. The van der Waals surface area contributed by atoms with Crippen molar-refractivity contribution in [1.82, 2.24) is 10.2 Å². The SMILES string of the molecule is O=C(NC1CCCCC1)[C@H](c1cc2c(cc1[N+](=O)[O-])OCO2)N(Cc1ccccc1)Cc1ccccc1. The zero-order valence-corrected chi connectivity index (χ0v) is 20.7. The van der Waals surface area contributed by atoms with Gasteiger partial charge in [-0.15, -0.1) is 0 Å². The van der Waals surface area contributed by atoms with Gasteiger partial charge in [-0.2, -0.15) is 0 Å². The van der Waals surface area contributed by atoms with Crippen molar-refractivity contribution in [2.24, 2.45) is 0 Å². The molecule has 3 aromatic carbocycles. The van der Waals surface area contributed by atoms with Crippen LogP contribution in [0.2, 0.25) is 0 Å². The van der Waals surface area contributed by atoms with Gasteiger partial charge in [0.25, 0.3) is 5.69 Å². The van der Waals surface area contributed by atoms with E-state index in [1.807, 2.05) is 65.6 Å². The number of nitro benzene ring substituents is 1. The van der Waals surface area contributed by atoms with Gasteiger partial charge in [0.05, 0.1) is 16.6 Å². The molecule has 5 rings (SSSR count). The highest BCUT2D eigenvalue weighted by atomic mass is 16.7. The summed E-state index contributed by atoms with van der Waals surface area (Å²) in [5.74, 6) is 0.496. The van der Waals surface area contributed by atoms with E-state index in [-0.39, 0.29) is 24.4 Å². The number of nitrogens with one attached hydrogen (secondary N) is 1. The number of benzene rings is 3. The van der Waals surface area contributed by atoms with Gasteiger partial charge >= 0.3 is 0 Å². The van der Waals surface area contributed by atoms with E-state index >= 15 is 0 Å². The van der Waals surface area contributed by atoms with E-state index in [2.05, 4.69) is 5.32 Å². The molecule has 1 aliphatic carbocycles. The number of carbonyl (C=O) groups is 1. The summed E-state index contributed by atoms with van der Waals surface area (Å²) < 4.78 is 11.0. The number of hydrogen-bond donors (Lipinski definition) is 1. The van der Waals surface area contributed by atoms with Crippen LogP contribution in [0, 0.1) is 10.1 Å². The summed E-state index contributed by atoms with van der Waals surface area (Å²) >= 11 is 0. The molecular weight excluding hydrogens is 470 g/mol. The predicted molar refractivity (Wildman–Crippen MR) is 139 cm³/mol. The first-order chi connectivity index (χ1) is 18.1. The third kappa shape index (κ3) is 5.91. The second kappa shape index (κ2) is 11.4. The maximum atomic E-state index is 14.1. The first-order valence-electron chi connectivity index (χ1n) is 12.8. The molecule has 1 atom stereocenters. The number of carbonyl (C=O) groups excluding carboxylic acids is 1. The highest BCUT2D eigenvalue weighted by Gasteiger charge is 2.37. The number of fused-ring (bicyclic) bond motifs is 1. The van der Waals surface area contributed by atoms with Crippen LogP contribution in [0.3, 0.4) is 0 Å². The third-order valence-corrected chi connectivity index (χ3v) is 7.04. The quantitative estimate of drug-likeness (QED) is 0.307. The molecule has 8 heteroatoms. The number of nitrogens with zero attached hydrogens (tertiary/aromatic N) is 2. The second-order valence-corrected chi connectivity index (χ2v) is 9.64. The van der Waals surface area contributed by atoms with E-state index < -0.39 is 11.0 Å². The summed E-state index contributed by atoms with van der Waals surface area (Å²) in [5, 5.41) is 15.5. The van der Waals surface area contributed by atoms with E-state index in [4.69, 9.17) is 9.47 Å². The summed E-state index contributed by atoms with van der Waals surface area (Å²) in [4.78, 5) is 27.9. The van der Waals surface area contributed by atoms with Gasteiger partial charge in [0, 0.05) is 19.1 Å². The largest absolute Gasteiger partial charge is 0.454 e. The van der Waals surface area contributed by atoms with Gasteiger partial charge < -0.3 is 14.8 Å². The Bertz CT molecular complexity index is 1190. The lowest BCUT2D eigenvalue weighted by Gasteiger charge is -2.33. The summed E-state index contributed by atoms with van der Waals surface area (Å²) in [6.45, 7) is 0.862. The van der Waals surface area contributed by atoms with Crippen molar-refractivity contribution in [2.75, 3.05) is 6.79 Å². The average molecular weight is 502 g/mol. The Hall–Kier alpha value is -3.91. The lowest BCUT2D eigenvalue weighted by Crippen LogP contribution is -2.45. The van der Waals surface area contributed by atoms with E-state index in [0.717, 1.165) is 43.2 Å². The van der Waals surface area contributed by atoms with Crippen LogP contribution >= 0.6 is 0 Å². The van der Waals surface area contributed by atoms with Gasteiger partial charge in [-0.05, 0) is 30.0 Å². The van der Waals surface area contributed by atoms with Crippen LogP contribution in [0.4, 0.5) is 5.69 Å². The van der Waals surface area contributed by atoms with Crippen LogP contribution in [-0.2, 0) is 17.9 Å². The summed E-state index contributed by atoms with van der Waals surface area (Å²) in [7, 11) is 0.